The van der Waals surface area contributed by atoms with Gasteiger partial charge in [0.25, 0.3) is 0 Å². The molecule has 12 heteroatoms. The van der Waals surface area contributed by atoms with E-state index in [0.717, 1.165) is 16.8 Å². The predicted molar refractivity (Wildman–Crippen MR) is 121 cm³/mol. The summed E-state index contributed by atoms with van der Waals surface area (Å²) in [5.74, 6) is -1.35. The summed E-state index contributed by atoms with van der Waals surface area (Å²) in [7, 11) is -3.74. The van der Waals surface area contributed by atoms with E-state index in [1.807, 2.05) is 13.8 Å². The van der Waals surface area contributed by atoms with Crippen molar-refractivity contribution in [3.05, 3.63) is 52.8 Å². The van der Waals surface area contributed by atoms with Gasteiger partial charge in [-0.2, -0.15) is 4.31 Å². The molecule has 0 saturated carbocycles. The number of carbonyl (C=O) groups is 1. The third-order valence-corrected chi connectivity index (χ3v) is 7.60. The molecule has 3 heterocycles. The van der Waals surface area contributed by atoms with Crippen LogP contribution in [0.25, 0.3) is 11.2 Å². The largest absolute Gasteiger partial charge is 0.491 e. The number of ether oxygens (including phenoxy) is 1. The Labute approximate surface area is 195 Å². The maximum absolute atomic E-state index is 13.8. The molecule has 1 aliphatic heterocycles. The Hall–Kier alpha value is -3.25. The first-order valence-electron chi connectivity index (χ1n) is 10.8. The Bertz CT molecular complexity index is 1370. The molecule has 1 fully saturated rings. The molecular formula is C22H25FN4O6S. The molecule has 34 heavy (non-hydrogen) atoms. The molecule has 0 spiro atoms. The molecule has 0 amide bonds. The van der Waals surface area contributed by atoms with Crippen LogP contribution in [0.3, 0.4) is 0 Å². The highest BCUT2D eigenvalue weighted by Gasteiger charge is 2.32. The number of nitrogens with zero attached hydrogens (tertiary/aromatic N) is 4. The zero-order valence-electron chi connectivity index (χ0n) is 18.7. The van der Waals surface area contributed by atoms with Gasteiger partial charge in [0, 0.05) is 25.2 Å². The van der Waals surface area contributed by atoms with Gasteiger partial charge < -0.3 is 9.84 Å². The van der Waals surface area contributed by atoms with Crippen LogP contribution in [-0.2, 0) is 21.4 Å². The van der Waals surface area contributed by atoms with E-state index in [1.54, 1.807) is 12.1 Å². The van der Waals surface area contributed by atoms with Crippen molar-refractivity contribution in [2.45, 2.75) is 50.3 Å². The number of hydrogen-bond donors (Lipinski definition) is 1. The van der Waals surface area contributed by atoms with Gasteiger partial charge in [-0.3, -0.25) is 13.9 Å². The normalized spacial score (nSPS) is 15.8. The highest BCUT2D eigenvalue weighted by molar-refractivity contribution is 7.89. The molecule has 1 N–H and O–H groups in total. The van der Waals surface area contributed by atoms with Crippen LogP contribution in [0.15, 0.2) is 46.2 Å². The summed E-state index contributed by atoms with van der Waals surface area (Å²) < 4.78 is 49.2. The maximum atomic E-state index is 13.8. The number of aliphatic carboxylic acids is 1. The number of pyridine rings is 1. The molecule has 10 nitrogen and oxygen atoms in total. The molecule has 3 aromatic rings. The van der Waals surface area contributed by atoms with E-state index >= 15 is 0 Å². The fraction of sp³-hybridized carbons (Fsp3) is 0.409. The minimum atomic E-state index is -3.74. The van der Waals surface area contributed by atoms with Crippen molar-refractivity contribution in [3.63, 3.8) is 0 Å². The Kier molecular flexibility index (Phi) is 6.45. The molecule has 1 aromatic carbocycles. The van der Waals surface area contributed by atoms with Crippen molar-refractivity contribution in [2.75, 3.05) is 13.1 Å². The van der Waals surface area contributed by atoms with Crippen LogP contribution in [-0.4, -0.2) is 57.1 Å². The van der Waals surface area contributed by atoms with Gasteiger partial charge in [-0.05, 0) is 51.0 Å². The second kappa shape index (κ2) is 9.18. The first-order chi connectivity index (χ1) is 16.1. The zero-order valence-corrected chi connectivity index (χ0v) is 19.5. The van der Waals surface area contributed by atoms with Crippen molar-refractivity contribution >= 4 is 27.2 Å². The molecule has 1 aliphatic rings. The standard InChI is InChI=1S/C22H25FN4O6S/c1-14(2)33-17-3-5-18(6-4-17)34(31,32)25-9-7-16(8-10-25)27-21-19(11-15(23)12-24-21)26(22(27)30)13-20(28)29/h3-6,11-12,14,16H,7-10,13H2,1-2H3,(H,28,29). The van der Waals surface area contributed by atoms with Crippen LogP contribution < -0.4 is 10.4 Å². The average Bonchev–Trinajstić information content (AvgIpc) is 3.04. The second-order valence-corrected chi connectivity index (χ2v) is 10.3. The Morgan fingerprint density at radius 3 is 2.47 bits per heavy atom. The summed E-state index contributed by atoms with van der Waals surface area (Å²) in [5.41, 5.74) is -0.349. The van der Waals surface area contributed by atoms with Crippen molar-refractivity contribution in [1.82, 2.24) is 18.4 Å². The predicted octanol–water partition coefficient (Wildman–Crippen LogP) is 2.23. The highest BCUT2D eigenvalue weighted by Crippen LogP contribution is 2.29. The Morgan fingerprint density at radius 2 is 1.88 bits per heavy atom. The molecule has 1 saturated heterocycles. The summed E-state index contributed by atoms with van der Waals surface area (Å²) in [6.07, 6.45) is 1.57. The first kappa shape index (κ1) is 23.9. The molecule has 0 unspecified atom stereocenters. The number of rotatable bonds is 7. The maximum Gasteiger partial charge on any atom is 0.331 e. The van der Waals surface area contributed by atoms with Crippen LogP contribution >= 0.6 is 0 Å². The number of carboxylic acid groups (broad SMARTS) is 1. The number of carboxylic acids is 1. The van der Waals surface area contributed by atoms with Gasteiger partial charge in [0.1, 0.15) is 18.1 Å². The number of hydrogen-bond acceptors (Lipinski definition) is 6. The van der Waals surface area contributed by atoms with Crippen molar-refractivity contribution in [3.8, 4) is 5.75 Å². The van der Waals surface area contributed by atoms with Gasteiger partial charge in [0.15, 0.2) is 5.65 Å². The number of benzene rings is 1. The van der Waals surface area contributed by atoms with Crippen LogP contribution in [0, 0.1) is 5.82 Å². The molecule has 0 aliphatic carbocycles. The lowest BCUT2D eigenvalue weighted by atomic mass is 10.1. The highest BCUT2D eigenvalue weighted by atomic mass is 32.2. The first-order valence-corrected chi connectivity index (χ1v) is 12.3. The van der Waals surface area contributed by atoms with E-state index in [1.165, 1.54) is 21.0 Å². The van der Waals surface area contributed by atoms with Gasteiger partial charge in [-0.1, -0.05) is 0 Å². The SMILES string of the molecule is CC(C)Oc1ccc(S(=O)(=O)N2CCC(n3c(=O)n(CC(=O)O)c4cc(F)cnc43)CC2)cc1. The molecule has 2 aromatic heterocycles. The Morgan fingerprint density at radius 1 is 1.24 bits per heavy atom. The lowest BCUT2D eigenvalue weighted by Gasteiger charge is -2.31. The molecule has 182 valence electrons. The van der Waals surface area contributed by atoms with Gasteiger partial charge in [-0.25, -0.2) is 22.6 Å². The number of fused-ring (bicyclic) bond motifs is 1. The van der Waals surface area contributed by atoms with Gasteiger partial charge in [0.05, 0.1) is 22.7 Å². The van der Waals surface area contributed by atoms with E-state index in [0.29, 0.717) is 18.6 Å². The minimum Gasteiger partial charge on any atom is -0.491 e. The summed E-state index contributed by atoms with van der Waals surface area (Å²) in [4.78, 5) is 28.4. The average molecular weight is 493 g/mol. The number of piperidine rings is 1. The summed E-state index contributed by atoms with van der Waals surface area (Å²) >= 11 is 0. The van der Waals surface area contributed by atoms with E-state index < -0.39 is 40.1 Å². The zero-order chi connectivity index (χ0) is 24.6. The smallest absolute Gasteiger partial charge is 0.331 e. The number of imidazole rings is 1. The summed E-state index contributed by atoms with van der Waals surface area (Å²) in [6, 6.07) is 6.90. The van der Waals surface area contributed by atoms with Crippen molar-refractivity contribution < 1.29 is 27.4 Å². The fourth-order valence-corrected chi connectivity index (χ4v) is 5.67. The van der Waals surface area contributed by atoms with Gasteiger partial charge >= 0.3 is 11.7 Å². The summed E-state index contributed by atoms with van der Waals surface area (Å²) in [5, 5.41) is 9.17. The van der Waals surface area contributed by atoms with E-state index in [4.69, 9.17) is 9.84 Å². The van der Waals surface area contributed by atoms with Crippen molar-refractivity contribution in [2.24, 2.45) is 0 Å². The molecule has 4 rings (SSSR count). The lowest BCUT2D eigenvalue weighted by Crippen LogP contribution is -2.41. The quantitative estimate of drug-likeness (QED) is 0.536. The van der Waals surface area contributed by atoms with Gasteiger partial charge in [-0.15, -0.1) is 0 Å². The number of aromatic nitrogens is 3. The third-order valence-electron chi connectivity index (χ3n) is 5.69. The van der Waals surface area contributed by atoms with E-state index in [2.05, 4.69) is 4.98 Å². The van der Waals surface area contributed by atoms with Crippen LogP contribution in [0.4, 0.5) is 4.39 Å². The summed E-state index contributed by atoms with van der Waals surface area (Å²) in [6.45, 7) is 3.46. The molecule has 0 bridgehead atoms. The lowest BCUT2D eigenvalue weighted by molar-refractivity contribution is -0.137. The Balaban J connectivity index is 1.57. The van der Waals surface area contributed by atoms with Crippen LogP contribution in [0.1, 0.15) is 32.7 Å². The van der Waals surface area contributed by atoms with E-state index in [9.17, 15) is 22.4 Å². The third kappa shape index (κ3) is 4.55. The second-order valence-electron chi connectivity index (χ2n) is 8.40. The molecule has 0 atom stereocenters. The van der Waals surface area contributed by atoms with E-state index in [-0.39, 0.29) is 35.3 Å². The van der Waals surface area contributed by atoms with Crippen LogP contribution in [0.2, 0.25) is 0 Å². The monoisotopic (exact) mass is 492 g/mol. The van der Waals surface area contributed by atoms with Gasteiger partial charge in [0.2, 0.25) is 10.0 Å². The fourth-order valence-electron chi connectivity index (χ4n) is 4.20. The minimum absolute atomic E-state index is 0.0303. The topological polar surface area (TPSA) is 124 Å². The number of halogens is 1. The number of sulfonamides is 1. The van der Waals surface area contributed by atoms with Crippen molar-refractivity contribution in [1.29, 1.82) is 0 Å². The molecule has 0 radical (unpaired) electrons. The molecular weight excluding hydrogens is 467 g/mol. The van der Waals surface area contributed by atoms with Crippen LogP contribution in [0.5, 0.6) is 5.75 Å².